The molecule has 1 aromatic rings. The van der Waals surface area contributed by atoms with Gasteiger partial charge in [-0.3, -0.25) is 0 Å². The minimum Gasteiger partial charge on any atom is -0.464 e. The highest BCUT2D eigenvalue weighted by Gasteiger charge is 2.63. The fraction of sp³-hybridized carbons (Fsp3) is 0.684. The third-order valence-electron chi connectivity index (χ3n) is 6.50. The molecule has 2 aliphatic carbocycles. The molecule has 3 heteroatoms. The first-order chi connectivity index (χ1) is 10.6. The second kappa shape index (κ2) is 5.66. The second-order valence-electron chi connectivity index (χ2n) is 7.47. The quantitative estimate of drug-likeness (QED) is 0.490. The minimum absolute atomic E-state index is 0.0553. The molecule has 0 amide bonds. The van der Waals surface area contributed by atoms with E-state index in [-0.39, 0.29) is 11.7 Å². The maximum Gasteiger partial charge on any atom is 0.205 e. The molecule has 2 saturated carbocycles. The van der Waals surface area contributed by atoms with E-state index >= 15 is 0 Å². The third-order valence-corrected chi connectivity index (χ3v) is 8.10. The molecule has 6 atom stereocenters. The number of fused-ring (bicyclic) bond motifs is 5. The van der Waals surface area contributed by atoms with E-state index in [1.807, 2.05) is 0 Å². The van der Waals surface area contributed by atoms with Crippen molar-refractivity contribution in [1.82, 2.24) is 0 Å². The zero-order valence-corrected chi connectivity index (χ0v) is 15.6. The smallest absolute Gasteiger partial charge is 0.205 e. The summed E-state index contributed by atoms with van der Waals surface area (Å²) in [5.41, 5.74) is 1.61. The molecule has 1 saturated heterocycles. The summed E-state index contributed by atoms with van der Waals surface area (Å²) in [4.78, 5) is 0. The number of benzene rings is 1. The lowest BCUT2D eigenvalue weighted by Gasteiger charge is -2.38. The SMILES string of the molecule is CCC(I)c1ccc(OC2OCC3C4CCC(C4)C23C)cc1. The van der Waals surface area contributed by atoms with Crippen molar-refractivity contribution in [3.8, 4) is 5.75 Å². The highest BCUT2D eigenvalue weighted by atomic mass is 127. The average molecular weight is 412 g/mol. The average Bonchev–Trinajstić information content (AvgIpc) is 3.20. The van der Waals surface area contributed by atoms with Crippen molar-refractivity contribution < 1.29 is 9.47 Å². The number of hydrogen-bond donors (Lipinski definition) is 0. The Kier molecular flexibility index (Phi) is 3.92. The Balaban J connectivity index is 1.50. The zero-order valence-electron chi connectivity index (χ0n) is 13.4. The normalized spacial score (nSPS) is 40.7. The van der Waals surface area contributed by atoms with Gasteiger partial charge in [0, 0.05) is 9.34 Å². The lowest BCUT2D eigenvalue weighted by atomic mass is 9.68. The predicted octanol–water partition coefficient (Wildman–Crippen LogP) is 5.36. The van der Waals surface area contributed by atoms with Crippen LogP contribution < -0.4 is 4.74 Å². The van der Waals surface area contributed by atoms with Crippen LogP contribution in [0.15, 0.2) is 24.3 Å². The molecule has 3 fully saturated rings. The van der Waals surface area contributed by atoms with Crippen LogP contribution in [0.1, 0.15) is 49.0 Å². The molecule has 6 unspecified atom stereocenters. The Hall–Kier alpha value is -0.290. The van der Waals surface area contributed by atoms with Gasteiger partial charge in [0.15, 0.2) is 0 Å². The van der Waals surface area contributed by atoms with Crippen molar-refractivity contribution in [2.24, 2.45) is 23.2 Å². The van der Waals surface area contributed by atoms with Crippen molar-refractivity contribution in [2.45, 2.75) is 49.7 Å². The molecule has 1 aliphatic heterocycles. The van der Waals surface area contributed by atoms with E-state index in [1.165, 1.54) is 24.8 Å². The molecule has 2 bridgehead atoms. The van der Waals surface area contributed by atoms with Gasteiger partial charge in [0.05, 0.1) is 6.61 Å². The van der Waals surface area contributed by atoms with Gasteiger partial charge in [-0.2, -0.15) is 0 Å². The Morgan fingerprint density at radius 2 is 2.09 bits per heavy atom. The van der Waals surface area contributed by atoms with Crippen molar-refractivity contribution in [1.29, 1.82) is 0 Å². The molecule has 2 nitrogen and oxygen atoms in total. The van der Waals surface area contributed by atoms with Crippen molar-refractivity contribution in [3.05, 3.63) is 29.8 Å². The van der Waals surface area contributed by atoms with E-state index in [4.69, 9.17) is 9.47 Å². The number of hydrogen-bond acceptors (Lipinski definition) is 2. The van der Waals surface area contributed by atoms with Crippen molar-refractivity contribution in [2.75, 3.05) is 6.61 Å². The molecule has 1 heterocycles. The molecule has 0 radical (unpaired) electrons. The maximum absolute atomic E-state index is 6.29. The van der Waals surface area contributed by atoms with E-state index in [2.05, 4.69) is 60.7 Å². The monoisotopic (exact) mass is 412 g/mol. The summed E-state index contributed by atoms with van der Waals surface area (Å²) in [5, 5.41) is 0. The van der Waals surface area contributed by atoms with Crippen LogP contribution in [0.2, 0.25) is 0 Å². The molecule has 0 aromatic heterocycles. The van der Waals surface area contributed by atoms with Gasteiger partial charge in [0.1, 0.15) is 5.75 Å². The van der Waals surface area contributed by atoms with Crippen LogP contribution >= 0.6 is 22.6 Å². The van der Waals surface area contributed by atoms with Gasteiger partial charge < -0.3 is 9.47 Å². The lowest BCUT2D eigenvalue weighted by molar-refractivity contribution is -0.110. The molecule has 3 aliphatic rings. The van der Waals surface area contributed by atoms with Crippen LogP contribution in [0.4, 0.5) is 0 Å². The number of ether oxygens (including phenoxy) is 2. The lowest BCUT2D eigenvalue weighted by Crippen LogP contribution is -2.41. The summed E-state index contributed by atoms with van der Waals surface area (Å²) in [6.07, 6.45) is 5.28. The fourth-order valence-electron chi connectivity index (χ4n) is 5.09. The minimum atomic E-state index is -0.0553. The van der Waals surface area contributed by atoms with Crippen LogP contribution in [0.25, 0.3) is 0 Å². The summed E-state index contributed by atoms with van der Waals surface area (Å²) in [7, 11) is 0. The summed E-state index contributed by atoms with van der Waals surface area (Å²) in [6, 6.07) is 8.63. The van der Waals surface area contributed by atoms with E-state index < -0.39 is 0 Å². The Morgan fingerprint density at radius 1 is 1.32 bits per heavy atom. The van der Waals surface area contributed by atoms with Crippen LogP contribution in [0.5, 0.6) is 5.75 Å². The van der Waals surface area contributed by atoms with Crippen LogP contribution in [0.3, 0.4) is 0 Å². The largest absolute Gasteiger partial charge is 0.464 e. The first-order valence-electron chi connectivity index (χ1n) is 8.65. The summed E-state index contributed by atoms with van der Waals surface area (Å²) >= 11 is 2.50. The summed E-state index contributed by atoms with van der Waals surface area (Å²) in [5.74, 6) is 3.36. The van der Waals surface area contributed by atoms with E-state index in [0.29, 0.717) is 9.84 Å². The molecular weight excluding hydrogens is 387 g/mol. The van der Waals surface area contributed by atoms with Gasteiger partial charge in [-0.15, -0.1) is 0 Å². The molecular formula is C19H25IO2. The van der Waals surface area contributed by atoms with Gasteiger partial charge >= 0.3 is 0 Å². The standard InChI is InChI=1S/C19H25IO2/c1-3-17(20)12-5-8-15(9-6-12)22-18-19(2)14-7-4-13(10-14)16(19)11-21-18/h5-6,8-9,13-14,16-18H,3-4,7,10-11H2,1-2H3. The van der Waals surface area contributed by atoms with E-state index in [0.717, 1.165) is 30.6 Å². The van der Waals surface area contributed by atoms with Gasteiger partial charge in [-0.05, 0) is 61.1 Å². The first kappa shape index (κ1) is 15.3. The highest BCUT2D eigenvalue weighted by molar-refractivity contribution is 14.1. The zero-order chi connectivity index (χ0) is 15.3. The predicted molar refractivity (Wildman–Crippen MR) is 96.3 cm³/mol. The van der Waals surface area contributed by atoms with Crippen molar-refractivity contribution in [3.63, 3.8) is 0 Å². The third kappa shape index (κ3) is 2.22. The van der Waals surface area contributed by atoms with E-state index in [9.17, 15) is 0 Å². The Labute approximate surface area is 147 Å². The number of rotatable bonds is 4. The van der Waals surface area contributed by atoms with Crippen LogP contribution in [-0.2, 0) is 4.74 Å². The van der Waals surface area contributed by atoms with Gasteiger partial charge in [-0.1, -0.05) is 48.6 Å². The molecule has 1 aromatic carbocycles. The van der Waals surface area contributed by atoms with Gasteiger partial charge in [0.2, 0.25) is 6.29 Å². The van der Waals surface area contributed by atoms with E-state index in [1.54, 1.807) is 0 Å². The van der Waals surface area contributed by atoms with Crippen molar-refractivity contribution >= 4 is 22.6 Å². The summed E-state index contributed by atoms with van der Waals surface area (Å²) in [6.45, 7) is 5.53. The van der Waals surface area contributed by atoms with Gasteiger partial charge in [-0.25, -0.2) is 0 Å². The molecule has 0 N–H and O–H groups in total. The second-order valence-corrected chi connectivity index (χ2v) is 8.97. The highest BCUT2D eigenvalue weighted by Crippen LogP contribution is 2.64. The Morgan fingerprint density at radius 3 is 2.82 bits per heavy atom. The van der Waals surface area contributed by atoms with Crippen LogP contribution in [0, 0.1) is 23.2 Å². The van der Waals surface area contributed by atoms with Crippen LogP contribution in [-0.4, -0.2) is 12.9 Å². The Bertz CT molecular complexity index is 543. The molecule has 4 rings (SSSR count). The fourth-order valence-corrected chi connectivity index (χ4v) is 5.50. The maximum atomic E-state index is 6.29. The molecule has 120 valence electrons. The number of alkyl halides is 1. The van der Waals surface area contributed by atoms with Gasteiger partial charge in [0.25, 0.3) is 0 Å². The molecule has 0 spiro atoms. The molecule has 22 heavy (non-hydrogen) atoms. The topological polar surface area (TPSA) is 18.5 Å². The summed E-state index contributed by atoms with van der Waals surface area (Å²) < 4.78 is 13.0. The first-order valence-corrected chi connectivity index (χ1v) is 9.89. The number of halogens is 1.